The molecule has 1 aliphatic carbocycles. The number of aromatic nitrogens is 4. The first-order valence-electron chi connectivity index (χ1n) is 13.6. The minimum Gasteiger partial charge on any atom is -0.486 e. The van der Waals surface area contributed by atoms with Gasteiger partial charge in [0.25, 0.3) is 5.91 Å². The Bertz CT molecular complexity index is 1500. The van der Waals surface area contributed by atoms with E-state index in [4.69, 9.17) is 21.1 Å². The second-order valence-electron chi connectivity index (χ2n) is 10.0. The van der Waals surface area contributed by atoms with Crippen LogP contribution in [0.5, 0.6) is 11.5 Å². The van der Waals surface area contributed by atoms with E-state index in [9.17, 15) is 9.59 Å². The van der Waals surface area contributed by atoms with Crippen LogP contribution < -0.4 is 19.7 Å². The summed E-state index contributed by atoms with van der Waals surface area (Å²) >= 11 is 7.44. The molecule has 4 aromatic rings. The molecule has 12 heteroatoms. The smallest absolute Gasteiger partial charge is 0.251 e. The highest BCUT2D eigenvalue weighted by Gasteiger charge is 2.36. The first-order valence-corrected chi connectivity index (χ1v) is 14.9. The van der Waals surface area contributed by atoms with Gasteiger partial charge in [0, 0.05) is 33.3 Å². The molecule has 6 rings (SSSR count). The quantitative estimate of drug-likeness (QED) is 0.305. The molecule has 3 heterocycles. The maximum Gasteiger partial charge on any atom is 0.251 e. The van der Waals surface area contributed by atoms with Gasteiger partial charge in [-0.2, -0.15) is 4.80 Å². The van der Waals surface area contributed by atoms with E-state index < -0.39 is 6.04 Å². The maximum atomic E-state index is 14.1. The Morgan fingerprint density at radius 1 is 1.05 bits per heavy atom. The topological polar surface area (TPSA) is 111 Å². The Labute approximate surface area is 246 Å². The van der Waals surface area contributed by atoms with Crippen molar-refractivity contribution in [1.29, 1.82) is 0 Å². The molecule has 0 bridgehead atoms. The lowest BCUT2D eigenvalue weighted by Gasteiger charge is -2.33. The minimum atomic E-state index is -0.897. The standard InChI is InChI=1S/C29H29ClN6O4S/c30-20-10-8-19(9-11-20)28-32-34-35(33-28)18-26(37)36(22-12-13-23-24(17-22)40-15-14-39-23)27(25-7-4-16-41-25)29(38)31-21-5-2-1-3-6-21/h4,7-13,16-17,21,27H,1-3,5-6,14-15,18H2,(H,31,38)/t27-/m1/s1. The summed E-state index contributed by atoms with van der Waals surface area (Å²) in [6.07, 6.45) is 5.18. The van der Waals surface area contributed by atoms with Crippen molar-refractivity contribution in [2.45, 2.75) is 50.7 Å². The molecular formula is C29H29ClN6O4S. The van der Waals surface area contributed by atoms with Gasteiger partial charge in [-0.25, -0.2) is 0 Å². The zero-order chi connectivity index (χ0) is 28.2. The number of hydrogen-bond acceptors (Lipinski definition) is 8. The van der Waals surface area contributed by atoms with Crippen molar-refractivity contribution in [1.82, 2.24) is 25.5 Å². The molecule has 1 fully saturated rings. The van der Waals surface area contributed by atoms with Crippen molar-refractivity contribution in [2.75, 3.05) is 18.1 Å². The number of halogens is 1. The van der Waals surface area contributed by atoms with E-state index in [1.165, 1.54) is 27.5 Å². The average molecular weight is 593 g/mol. The molecule has 2 amide bonds. The van der Waals surface area contributed by atoms with Gasteiger partial charge in [0.2, 0.25) is 11.7 Å². The van der Waals surface area contributed by atoms with Crippen molar-refractivity contribution >= 4 is 40.4 Å². The van der Waals surface area contributed by atoms with E-state index in [0.29, 0.717) is 41.2 Å². The highest BCUT2D eigenvalue weighted by atomic mass is 35.5. The third-order valence-corrected chi connectivity index (χ3v) is 8.35. The van der Waals surface area contributed by atoms with Crippen LogP contribution in [0, 0.1) is 0 Å². The normalized spacial score (nSPS) is 15.7. The monoisotopic (exact) mass is 592 g/mol. The van der Waals surface area contributed by atoms with E-state index in [1.54, 1.807) is 42.5 Å². The highest BCUT2D eigenvalue weighted by Crippen LogP contribution is 2.38. The van der Waals surface area contributed by atoms with E-state index >= 15 is 0 Å². The lowest BCUT2D eigenvalue weighted by Crippen LogP contribution is -2.48. The fourth-order valence-corrected chi connectivity index (χ4v) is 6.13. The Morgan fingerprint density at radius 3 is 2.59 bits per heavy atom. The Kier molecular flexibility index (Phi) is 8.15. The van der Waals surface area contributed by atoms with Gasteiger partial charge in [-0.05, 0) is 65.9 Å². The van der Waals surface area contributed by atoms with Crippen LogP contribution in [0.15, 0.2) is 60.0 Å². The van der Waals surface area contributed by atoms with Gasteiger partial charge < -0.3 is 14.8 Å². The Hall–Kier alpha value is -3.96. The molecule has 0 spiro atoms. The molecule has 41 heavy (non-hydrogen) atoms. The van der Waals surface area contributed by atoms with Crippen LogP contribution in [-0.4, -0.2) is 51.3 Å². The molecule has 1 atom stereocenters. The number of nitrogens with zero attached hydrogens (tertiary/aromatic N) is 5. The van der Waals surface area contributed by atoms with Gasteiger partial charge in [-0.1, -0.05) is 36.9 Å². The summed E-state index contributed by atoms with van der Waals surface area (Å²) in [4.78, 5) is 31.6. The van der Waals surface area contributed by atoms with E-state index in [-0.39, 0.29) is 24.4 Å². The number of rotatable bonds is 8. The summed E-state index contributed by atoms with van der Waals surface area (Å²) < 4.78 is 11.5. The van der Waals surface area contributed by atoms with Crippen LogP contribution in [0.2, 0.25) is 5.02 Å². The second kappa shape index (κ2) is 12.3. The molecule has 10 nitrogen and oxygen atoms in total. The van der Waals surface area contributed by atoms with Crippen LogP contribution in [0.25, 0.3) is 11.4 Å². The molecule has 212 valence electrons. The summed E-state index contributed by atoms with van der Waals surface area (Å²) in [5, 5.41) is 18.4. The fraction of sp³-hybridized carbons (Fsp3) is 0.345. The molecule has 0 radical (unpaired) electrons. The van der Waals surface area contributed by atoms with Gasteiger partial charge in [0.1, 0.15) is 25.8 Å². The number of anilines is 1. The van der Waals surface area contributed by atoms with Gasteiger partial charge in [0.15, 0.2) is 11.5 Å². The van der Waals surface area contributed by atoms with Crippen LogP contribution in [0.3, 0.4) is 0 Å². The number of carbonyl (C=O) groups excluding carboxylic acids is 2. The number of fused-ring (bicyclic) bond motifs is 1. The molecule has 2 aromatic heterocycles. The summed E-state index contributed by atoms with van der Waals surface area (Å²) in [5.41, 5.74) is 1.23. The number of amides is 2. The number of ether oxygens (including phenoxy) is 2. The molecule has 1 saturated carbocycles. The summed E-state index contributed by atoms with van der Waals surface area (Å²) in [6, 6.07) is 15.3. The number of nitrogens with one attached hydrogen (secondary N) is 1. The average Bonchev–Trinajstić information content (AvgIpc) is 3.69. The zero-order valence-corrected chi connectivity index (χ0v) is 23.8. The Balaban J connectivity index is 1.34. The molecule has 1 aliphatic heterocycles. The van der Waals surface area contributed by atoms with Crippen molar-refractivity contribution < 1.29 is 19.1 Å². The van der Waals surface area contributed by atoms with Crippen molar-refractivity contribution in [3.63, 3.8) is 0 Å². The third kappa shape index (κ3) is 6.20. The number of benzene rings is 2. The number of thiophene rings is 1. The number of carbonyl (C=O) groups is 2. The van der Waals surface area contributed by atoms with Crippen LogP contribution in [0.1, 0.15) is 43.0 Å². The number of tetrazole rings is 1. The van der Waals surface area contributed by atoms with Crippen LogP contribution >= 0.6 is 22.9 Å². The van der Waals surface area contributed by atoms with E-state index in [1.807, 2.05) is 17.5 Å². The molecule has 2 aromatic carbocycles. The summed E-state index contributed by atoms with van der Waals surface area (Å²) in [5.74, 6) is 0.880. The van der Waals surface area contributed by atoms with Crippen molar-refractivity contribution in [3.05, 3.63) is 69.9 Å². The van der Waals surface area contributed by atoms with Crippen LogP contribution in [0.4, 0.5) is 5.69 Å². The molecule has 2 aliphatic rings. The largest absolute Gasteiger partial charge is 0.486 e. The predicted octanol–water partition coefficient (Wildman–Crippen LogP) is 5.05. The minimum absolute atomic E-state index is 0.0786. The first-order chi connectivity index (χ1) is 20.0. The fourth-order valence-electron chi connectivity index (χ4n) is 5.19. The number of hydrogen-bond donors (Lipinski definition) is 1. The summed E-state index contributed by atoms with van der Waals surface area (Å²) in [6.45, 7) is 0.620. The van der Waals surface area contributed by atoms with Gasteiger partial charge in [-0.3, -0.25) is 14.5 Å². The van der Waals surface area contributed by atoms with Gasteiger partial charge in [-0.15, -0.1) is 21.5 Å². The lowest BCUT2D eigenvalue weighted by molar-refractivity contribution is -0.127. The van der Waals surface area contributed by atoms with E-state index in [2.05, 4.69) is 20.7 Å². The van der Waals surface area contributed by atoms with Gasteiger partial charge in [0.05, 0.1) is 0 Å². The SMILES string of the molecule is O=C(NC1CCCCC1)[C@@H](c1cccs1)N(C(=O)Cn1nnc(-c2ccc(Cl)cc2)n1)c1ccc2c(c1)OCCO2. The predicted molar refractivity (Wildman–Crippen MR) is 155 cm³/mol. The first kappa shape index (κ1) is 27.2. The maximum absolute atomic E-state index is 14.1. The highest BCUT2D eigenvalue weighted by molar-refractivity contribution is 7.10. The molecule has 1 N–H and O–H groups in total. The lowest BCUT2D eigenvalue weighted by atomic mass is 9.95. The third-order valence-electron chi connectivity index (χ3n) is 7.18. The Morgan fingerprint density at radius 2 is 1.83 bits per heavy atom. The van der Waals surface area contributed by atoms with Crippen LogP contribution in [-0.2, 0) is 16.1 Å². The van der Waals surface area contributed by atoms with Crippen molar-refractivity contribution in [2.24, 2.45) is 0 Å². The summed E-state index contributed by atoms with van der Waals surface area (Å²) in [7, 11) is 0. The molecule has 0 saturated heterocycles. The molecular weight excluding hydrogens is 564 g/mol. The second-order valence-corrected chi connectivity index (χ2v) is 11.4. The van der Waals surface area contributed by atoms with Gasteiger partial charge >= 0.3 is 0 Å². The van der Waals surface area contributed by atoms with Crippen molar-refractivity contribution in [3.8, 4) is 22.9 Å². The van der Waals surface area contributed by atoms with E-state index in [0.717, 1.165) is 36.1 Å². The zero-order valence-electron chi connectivity index (χ0n) is 22.2. The molecule has 0 unspecified atom stereocenters.